The van der Waals surface area contributed by atoms with Crippen LogP contribution in [-0.2, 0) is 11.2 Å². The number of para-hydroxylation sites is 1. The van der Waals surface area contributed by atoms with Crippen LogP contribution in [0, 0.1) is 6.92 Å². The first-order chi connectivity index (χ1) is 10.7. The van der Waals surface area contributed by atoms with Crippen LogP contribution in [0.25, 0.3) is 0 Å². The topological polar surface area (TPSA) is 44.7 Å². The molecule has 114 valence electrons. The molecule has 4 nitrogen and oxygen atoms in total. The Labute approximate surface area is 134 Å². The van der Waals surface area contributed by atoms with Gasteiger partial charge in [0.1, 0.15) is 0 Å². The Morgan fingerprint density at radius 2 is 2.27 bits per heavy atom. The second kappa shape index (κ2) is 6.75. The highest BCUT2D eigenvalue weighted by atomic mass is 32.1. The van der Waals surface area contributed by atoms with Gasteiger partial charge in [0, 0.05) is 17.1 Å². The van der Waals surface area contributed by atoms with Crippen molar-refractivity contribution in [2.75, 3.05) is 18.0 Å². The molecule has 0 saturated carbocycles. The van der Waals surface area contributed by atoms with Gasteiger partial charge >= 0.3 is 0 Å². The summed E-state index contributed by atoms with van der Waals surface area (Å²) in [5.74, 6) is -0.0813. The van der Waals surface area contributed by atoms with Crippen LogP contribution in [0.5, 0.6) is 0 Å². The quantitative estimate of drug-likeness (QED) is 0.697. The van der Waals surface area contributed by atoms with E-state index in [-0.39, 0.29) is 5.91 Å². The van der Waals surface area contributed by atoms with E-state index in [1.165, 1.54) is 16.8 Å². The van der Waals surface area contributed by atoms with E-state index in [0.29, 0.717) is 6.54 Å². The molecule has 1 aliphatic rings. The molecule has 2 heterocycles. The maximum atomic E-state index is 12.1. The maximum absolute atomic E-state index is 12.1. The van der Waals surface area contributed by atoms with Crippen molar-refractivity contribution in [3.05, 3.63) is 51.7 Å². The fourth-order valence-electron chi connectivity index (χ4n) is 2.66. The van der Waals surface area contributed by atoms with Gasteiger partial charge in [0.2, 0.25) is 0 Å². The van der Waals surface area contributed by atoms with Crippen molar-refractivity contribution in [2.24, 2.45) is 5.10 Å². The number of hydrogen-bond acceptors (Lipinski definition) is 4. The smallest absolute Gasteiger partial charge is 0.259 e. The zero-order valence-corrected chi connectivity index (χ0v) is 13.4. The highest BCUT2D eigenvalue weighted by Crippen LogP contribution is 2.26. The summed E-state index contributed by atoms with van der Waals surface area (Å²) in [5.41, 5.74) is 6.28. The van der Waals surface area contributed by atoms with Crippen molar-refractivity contribution in [2.45, 2.75) is 19.8 Å². The van der Waals surface area contributed by atoms with E-state index in [2.05, 4.69) is 33.6 Å². The van der Waals surface area contributed by atoms with Gasteiger partial charge < -0.3 is 4.90 Å². The van der Waals surface area contributed by atoms with E-state index in [9.17, 15) is 4.79 Å². The van der Waals surface area contributed by atoms with Crippen LogP contribution >= 0.6 is 11.3 Å². The molecule has 0 unspecified atom stereocenters. The van der Waals surface area contributed by atoms with Gasteiger partial charge in [-0.3, -0.25) is 4.79 Å². The standard InChI is InChI=1S/C17H19N3OS/c1-13-8-10-22-16(13)11-18-19-17(21)12-20-9-4-6-14-5-2-3-7-15(14)20/h2-3,5,7-8,10-11H,4,6,9,12H2,1H3,(H,19,21)/b18-11-. The third kappa shape index (κ3) is 3.36. The molecular formula is C17H19N3OS. The maximum Gasteiger partial charge on any atom is 0.259 e. The molecule has 1 aromatic heterocycles. The first-order valence-electron chi connectivity index (χ1n) is 7.43. The zero-order valence-electron chi connectivity index (χ0n) is 12.6. The second-order valence-electron chi connectivity index (χ2n) is 5.41. The fraction of sp³-hybridized carbons (Fsp3) is 0.294. The van der Waals surface area contributed by atoms with Crippen molar-refractivity contribution < 1.29 is 4.79 Å². The number of carbonyl (C=O) groups excluding carboxylic acids is 1. The van der Waals surface area contributed by atoms with Crippen LogP contribution < -0.4 is 10.3 Å². The van der Waals surface area contributed by atoms with E-state index in [0.717, 1.165) is 24.3 Å². The highest BCUT2D eigenvalue weighted by molar-refractivity contribution is 7.11. The van der Waals surface area contributed by atoms with E-state index in [1.807, 2.05) is 24.4 Å². The molecule has 0 atom stereocenters. The zero-order chi connectivity index (χ0) is 15.4. The third-order valence-electron chi connectivity index (χ3n) is 3.81. The predicted molar refractivity (Wildman–Crippen MR) is 91.8 cm³/mol. The molecule has 0 radical (unpaired) electrons. The predicted octanol–water partition coefficient (Wildman–Crippen LogP) is 2.96. The van der Waals surface area contributed by atoms with Crippen molar-refractivity contribution in [3.8, 4) is 0 Å². The summed E-state index contributed by atoms with van der Waals surface area (Å²) in [6, 6.07) is 10.3. The minimum absolute atomic E-state index is 0.0813. The van der Waals surface area contributed by atoms with E-state index in [1.54, 1.807) is 17.6 Å². The number of carbonyl (C=O) groups is 1. The summed E-state index contributed by atoms with van der Waals surface area (Å²) in [7, 11) is 0. The molecule has 1 N–H and O–H groups in total. The molecule has 22 heavy (non-hydrogen) atoms. The lowest BCUT2D eigenvalue weighted by atomic mass is 10.0. The Morgan fingerprint density at radius 3 is 3.09 bits per heavy atom. The van der Waals surface area contributed by atoms with Crippen LogP contribution in [0.15, 0.2) is 40.8 Å². The fourth-order valence-corrected chi connectivity index (χ4v) is 3.45. The van der Waals surface area contributed by atoms with Gasteiger partial charge in [0.15, 0.2) is 0 Å². The van der Waals surface area contributed by atoms with Gasteiger partial charge in [-0.1, -0.05) is 18.2 Å². The number of hydrogen-bond donors (Lipinski definition) is 1. The summed E-state index contributed by atoms with van der Waals surface area (Å²) in [5, 5.41) is 6.07. The third-order valence-corrected chi connectivity index (χ3v) is 4.77. The molecule has 3 rings (SSSR count). The Morgan fingerprint density at radius 1 is 1.41 bits per heavy atom. The average molecular weight is 313 g/mol. The Bertz CT molecular complexity index is 693. The highest BCUT2D eigenvalue weighted by Gasteiger charge is 2.18. The molecule has 1 aliphatic heterocycles. The van der Waals surface area contributed by atoms with Crippen LogP contribution in [0.2, 0.25) is 0 Å². The van der Waals surface area contributed by atoms with Crippen LogP contribution in [0.3, 0.4) is 0 Å². The molecule has 0 fully saturated rings. The molecule has 0 aliphatic carbocycles. The van der Waals surface area contributed by atoms with Crippen molar-refractivity contribution in [1.82, 2.24) is 5.43 Å². The summed E-state index contributed by atoms with van der Waals surface area (Å²) in [6.07, 6.45) is 3.88. The van der Waals surface area contributed by atoms with E-state index >= 15 is 0 Å². The van der Waals surface area contributed by atoms with Gasteiger partial charge in [0.05, 0.1) is 12.8 Å². The van der Waals surface area contributed by atoms with Gasteiger partial charge in [0.25, 0.3) is 5.91 Å². The lowest BCUT2D eigenvalue weighted by molar-refractivity contribution is -0.119. The number of amides is 1. The summed E-state index contributed by atoms with van der Waals surface area (Å²) in [6.45, 7) is 3.29. The number of nitrogens with zero attached hydrogens (tertiary/aromatic N) is 2. The van der Waals surface area contributed by atoms with Gasteiger partial charge in [-0.25, -0.2) is 5.43 Å². The Hall–Kier alpha value is -2.14. The number of benzene rings is 1. The lowest BCUT2D eigenvalue weighted by Gasteiger charge is -2.30. The average Bonchev–Trinajstić information content (AvgIpc) is 2.93. The number of rotatable bonds is 4. The van der Waals surface area contributed by atoms with Crippen LogP contribution in [0.1, 0.15) is 22.4 Å². The van der Waals surface area contributed by atoms with E-state index < -0.39 is 0 Å². The summed E-state index contributed by atoms with van der Waals surface area (Å²) in [4.78, 5) is 15.3. The minimum atomic E-state index is -0.0813. The first-order valence-corrected chi connectivity index (χ1v) is 8.31. The lowest BCUT2D eigenvalue weighted by Crippen LogP contribution is -2.38. The molecule has 0 spiro atoms. The van der Waals surface area contributed by atoms with Gasteiger partial charge in [-0.2, -0.15) is 5.10 Å². The number of anilines is 1. The molecular weight excluding hydrogens is 294 g/mol. The molecule has 1 aromatic carbocycles. The summed E-state index contributed by atoms with van der Waals surface area (Å²) < 4.78 is 0. The number of fused-ring (bicyclic) bond motifs is 1. The van der Waals surface area contributed by atoms with Crippen LogP contribution in [-0.4, -0.2) is 25.2 Å². The monoisotopic (exact) mass is 313 g/mol. The molecule has 5 heteroatoms. The number of aryl methyl sites for hydroxylation is 2. The van der Waals surface area contributed by atoms with Crippen LogP contribution in [0.4, 0.5) is 5.69 Å². The van der Waals surface area contributed by atoms with Crippen molar-refractivity contribution >= 4 is 29.1 Å². The molecule has 0 bridgehead atoms. The van der Waals surface area contributed by atoms with E-state index in [4.69, 9.17) is 0 Å². The number of hydrazone groups is 1. The molecule has 0 saturated heterocycles. The molecule has 1 amide bonds. The first kappa shape index (κ1) is 14.8. The van der Waals surface area contributed by atoms with Gasteiger partial charge in [-0.15, -0.1) is 11.3 Å². The minimum Gasteiger partial charge on any atom is -0.362 e. The van der Waals surface area contributed by atoms with Crippen molar-refractivity contribution in [3.63, 3.8) is 0 Å². The largest absolute Gasteiger partial charge is 0.362 e. The number of nitrogens with one attached hydrogen (secondary N) is 1. The van der Waals surface area contributed by atoms with Crippen molar-refractivity contribution in [1.29, 1.82) is 0 Å². The number of thiophene rings is 1. The second-order valence-corrected chi connectivity index (χ2v) is 6.36. The Balaban J connectivity index is 1.59. The SMILES string of the molecule is Cc1ccsc1/C=N\NC(=O)CN1CCCc2ccccc21. The normalized spacial score (nSPS) is 14.1. The Kier molecular flexibility index (Phi) is 4.53. The summed E-state index contributed by atoms with van der Waals surface area (Å²) >= 11 is 1.62. The van der Waals surface area contributed by atoms with Gasteiger partial charge in [-0.05, 0) is 48.4 Å². The molecule has 2 aromatic rings.